The number of furan rings is 1. The number of fused-ring (bicyclic) bond motifs is 1. The summed E-state index contributed by atoms with van der Waals surface area (Å²) in [5, 5.41) is 2.90. The van der Waals surface area contributed by atoms with Crippen molar-refractivity contribution in [3.05, 3.63) is 89.6 Å². The van der Waals surface area contributed by atoms with E-state index in [1.54, 1.807) is 12.1 Å². The minimum absolute atomic E-state index is 0.244. The highest BCUT2D eigenvalue weighted by molar-refractivity contribution is 5.91. The van der Waals surface area contributed by atoms with Gasteiger partial charge in [0, 0.05) is 6.54 Å². The monoisotopic (exact) mass is 387 g/mol. The SMILES string of the molecule is CCC(C)c1ccc(Cn2c(CNC(=O)c3ccco3)nc3ccccc32)cc1. The Balaban J connectivity index is 1.59. The number of hydrogen-bond acceptors (Lipinski definition) is 3. The zero-order chi connectivity index (χ0) is 20.2. The highest BCUT2D eigenvalue weighted by Gasteiger charge is 2.14. The van der Waals surface area contributed by atoms with Crippen LogP contribution in [0.25, 0.3) is 11.0 Å². The maximum absolute atomic E-state index is 12.3. The van der Waals surface area contributed by atoms with E-state index >= 15 is 0 Å². The predicted molar refractivity (Wildman–Crippen MR) is 114 cm³/mol. The molecule has 1 unspecified atom stereocenters. The van der Waals surface area contributed by atoms with Gasteiger partial charge in [-0.2, -0.15) is 0 Å². The Morgan fingerprint density at radius 1 is 1.10 bits per heavy atom. The molecule has 2 aromatic heterocycles. The summed E-state index contributed by atoms with van der Waals surface area (Å²) < 4.78 is 7.33. The molecule has 0 aliphatic heterocycles. The van der Waals surface area contributed by atoms with Gasteiger partial charge in [0.1, 0.15) is 5.82 Å². The lowest BCUT2D eigenvalue weighted by atomic mass is 9.98. The molecule has 0 aliphatic carbocycles. The third kappa shape index (κ3) is 4.09. The molecule has 148 valence electrons. The molecule has 0 aliphatic rings. The number of imidazole rings is 1. The van der Waals surface area contributed by atoms with E-state index in [0.29, 0.717) is 24.8 Å². The van der Waals surface area contributed by atoms with E-state index < -0.39 is 0 Å². The Morgan fingerprint density at radius 2 is 1.90 bits per heavy atom. The predicted octanol–water partition coefficient (Wildman–Crippen LogP) is 5.12. The molecular weight excluding hydrogens is 362 g/mol. The summed E-state index contributed by atoms with van der Waals surface area (Å²) in [6.45, 7) is 5.49. The molecule has 0 spiro atoms. The molecule has 0 bridgehead atoms. The molecule has 0 saturated heterocycles. The van der Waals surface area contributed by atoms with Crippen LogP contribution in [-0.2, 0) is 13.1 Å². The Labute approximate surface area is 170 Å². The Morgan fingerprint density at radius 3 is 2.62 bits per heavy atom. The molecule has 2 aromatic carbocycles. The van der Waals surface area contributed by atoms with Crippen LogP contribution in [0.2, 0.25) is 0 Å². The lowest BCUT2D eigenvalue weighted by Crippen LogP contribution is -2.24. The highest BCUT2D eigenvalue weighted by Crippen LogP contribution is 2.21. The number of nitrogens with zero attached hydrogens (tertiary/aromatic N) is 2. The molecule has 4 rings (SSSR count). The van der Waals surface area contributed by atoms with Gasteiger partial charge < -0.3 is 14.3 Å². The third-order valence-electron chi connectivity index (χ3n) is 5.39. The van der Waals surface area contributed by atoms with E-state index in [0.717, 1.165) is 23.3 Å². The molecule has 0 fully saturated rings. The first-order chi connectivity index (χ1) is 14.2. The van der Waals surface area contributed by atoms with Gasteiger partial charge in [0.05, 0.1) is 23.8 Å². The quantitative estimate of drug-likeness (QED) is 0.479. The van der Waals surface area contributed by atoms with E-state index in [9.17, 15) is 4.79 Å². The molecule has 1 amide bonds. The number of benzene rings is 2. The van der Waals surface area contributed by atoms with Crippen molar-refractivity contribution in [1.29, 1.82) is 0 Å². The summed E-state index contributed by atoms with van der Waals surface area (Å²) in [5.41, 5.74) is 4.54. The van der Waals surface area contributed by atoms with Gasteiger partial charge in [-0.05, 0) is 47.7 Å². The minimum Gasteiger partial charge on any atom is -0.459 e. The topological polar surface area (TPSA) is 60.1 Å². The first-order valence-electron chi connectivity index (χ1n) is 10.0. The van der Waals surface area contributed by atoms with E-state index in [1.165, 1.54) is 17.4 Å². The van der Waals surface area contributed by atoms with Gasteiger partial charge in [0.15, 0.2) is 5.76 Å². The first-order valence-corrected chi connectivity index (χ1v) is 10.0. The molecule has 4 aromatic rings. The summed E-state index contributed by atoms with van der Waals surface area (Å²) >= 11 is 0. The molecular formula is C24H25N3O2. The van der Waals surface area contributed by atoms with Gasteiger partial charge in [0.25, 0.3) is 5.91 Å². The summed E-state index contributed by atoms with van der Waals surface area (Å²) in [4.78, 5) is 17.0. The van der Waals surface area contributed by atoms with Crippen molar-refractivity contribution < 1.29 is 9.21 Å². The largest absolute Gasteiger partial charge is 0.459 e. The normalized spacial score (nSPS) is 12.2. The van der Waals surface area contributed by atoms with Crippen LogP contribution < -0.4 is 5.32 Å². The fourth-order valence-electron chi connectivity index (χ4n) is 3.46. The second-order valence-corrected chi connectivity index (χ2v) is 7.31. The Hall–Kier alpha value is -3.34. The highest BCUT2D eigenvalue weighted by atomic mass is 16.3. The number of rotatable bonds is 7. The van der Waals surface area contributed by atoms with Crippen LogP contribution in [0.1, 0.15) is 53.7 Å². The van der Waals surface area contributed by atoms with Crippen LogP contribution in [0.5, 0.6) is 0 Å². The number of para-hydroxylation sites is 2. The maximum atomic E-state index is 12.3. The molecule has 5 nitrogen and oxygen atoms in total. The van der Waals surface area contributed by atoms with E-state index in [4.69, 9.17) is 9.40 Å². The Kier molecular flexibility index (Phi) is 5.47. The first kappa shape index (κ1) is 19.0. The van der Waals surface area contributed by atoms with Gasteiger partial charge >= 0.3 is 0 Å². The van der Waals surface area contributed by atoms with Crippen LogP contribution >= 0.6 is 0 Å². The van der Waals surface area contributed by atoms with Gasteiger partial charge in [-0.15, -0.1) is 0 Å². The summed E-state index contributed by atoms with van der Waals surface area (Å²) in [7, 11) is 0. The number of carbonyl (C=O) groups excluding carboxylic acids is 1. The molecule has 1 N–H and O–H groups in total. The van der Waals surface area contributed by atoms with Gasteiger partial charge in [-0.1, -0.05) is 50.2 Å². The van der Waals surface area contributed by atoms with Crippen molar-refractivity contribution in [1.82, 2.24) is 14.9 Å². The van der Waals surface area contributed by atoms with Crippen LogP contribution in [0, 0.1) is 0 Å². The number of aromatic nitrogens is 2. The minimum atomic E-state index is -0.244. The maximum Gasteiger partial charge on any atom is 0.287 e. The van der Waals surface area contributed by atoms with E-state index in [1.807, 2.05) is 18.2 Å². The van der Waals surface area contributed by atoms with Crippen molar-refractivity contribution in [2.24, 2.45) is 0 Å². The smallest absolute Gasteiger partial charge is 0.287 e. The van der Waals surface area contributed by atoms with Crippen molar-refractivity contribution in [2.75, 3.05) is 0 Å². The average molecular weight is 387 g/mol. The standard InChI is InChI=1S/C24H25N3O2/c1-3-17(2)19-12-10-18(11-13-19)16-27-21-8-5-4-7-20(21)26-23(27)15-25-24(28)22-9-6-14-29-22/h4-14,17H,3,15-16H2,1-2H3,(H,25,28). The van der Waals surface area contributed by atoms with Gasteiger partial charge in [-0.25, -0.2) is 4.98 Å². The molecule has 0 radical (unpaired) electrons. The number of hydrogen-bond donors (Lipinski definition) is 1. The second-order valence-electron chi connectivity index (χ2n) is 7.31. The zero-order valence-electron chi connectivity index (χ0n) is 16.8. The van der Waals surface area contributed by atoms with Crippen LogP contribution in [0.3, 0.4) is 0 Å². The van der Waals surface area contributed by atoms with Crippen molar-refractivity contribution in [3.63, 3.8) is 0 Å². The van der Waals surface area contributed by atoms with Crippen LogP contribution in [-0.4, -0.2) is 15.5 Å². The summed E-state index contributed by atoms with van der Waals surface area (Å²) in [6, 6.07) is 20.2. The van der Waals surface area contributed by atoms with Gasteiger partial charge in [-0.3, -0.25) is 4.79 Å². The number of amides is 1. The third-order valence-corrected chi connectivity index (χ3v) is 5.39. The van der Waals surface area contributed by atoms with Crippen LogP contribution in [0.15, 0.2) is 71.3 Å². The molecule has 0 saturated carbocycles. The fraction of sp³-hybridized carbons (Fsp3) is 0.250. The summed E-state index contributed by atoms with van der Waals surface area (Å²) in [5.74, 6) is 1.43. The number of carbonyl (C=O) groups is 1. The molecule has 29 heavy (non-hydrogen) atoms. The van der Waals surface area contributed by atoms with Crippen molar-refractivity contribution in [3.8, 4) is 0 Å². The second kappa shape index (κ2) is 8.35. The molecule has 1 atom stereocenters. The van der Waals surface area contributed by atoms with Crippen molar-refractivity contribution in [2.45, 2.75) is 39.3 Å². The van der Waals surface area contributed by atoms with Gasteiger partial charge in [0.2, 0.25) is 0 Å². The van der Waals surface area contributed by atoms with E-state index in [2.05, 4.69) is 54.1 Å². The van der Waals surface area contributed by atoms with E-state index in [-0.39, 0.29) is 5.91 Å². The van der Waals surface area contributed by atoms with Crippen LogP contribution in [0.4, 0.5) is 0 Å². The Bertz CT molecular complexity index is 1100. The summed E-state index contributed by atoms with van der Waals surface area (Å²) in [6.07, 6.45) is 2.62. The lowest BCUT2D eigenvalue weighted by molar-refractivity contribution is 0.0922. The lowest BCUT2D eigenvalue weighted by Gasteiger charge is -2.12. The molecule has 2 heterocycles. The van der Waals surface area contributed by atoms with Crippen molar-refractivity contribution >= 4 is 16.9 Å². The average Bonchev–Trinajstić information content (AvgIpc) is 3.41. The zero-order valence-corrected chi connectivity index (χ0v) is 16.8. The molecule has 5 heteroatoms. The fourth-order valence-corrected chi connectivity index (χ4v) is 3.46. The number of nitrogens with one attached hydrogen (secondary N) is 1.